The fourth-order valence-electron chi connectivity index (χ4n) is 2.57. The quantitative estimate of drug-likeness (QED) is 0.824. The molecule has 116 valence electrons. The van der Waals surface area contributed by atoms with Crippen molar-refractivity contribution >= 4 is 12.0 Å². The molecule has 1 aliphatic heterocycles. The first-order chi connectivity index (χ1) is 10.1. The number of aromatic nitrogens is 2. The van der Waals surface area contributed by atoms with E-state index in [0.29, 0.717) is 38.5 Å². The van der Waals surface area contributed by atoms with Crippen LogP contribution in [0.15, 0.2) is 18.5 Å². The molecule has 0 unspecified atom stereocenters. The molecule has 0 atom stereocenters. The van der Waals surface area contributed by atoms with Gasteiger partial charge >= 0.3 is 12.0 Å². The van der Waals surface area contributed by atoms with Gasteiger partial charge in [-0.05, 0) is 31.2 Å². The smallest absolute Gasteiger partial charge is 0.317 e. The van der Waals surface area contributed by atoms with E-state index >= 15 is 0 Å². The number of hydrogen-bond donors (Lipinski definition) is 2. The van der Waals surface area contributed by atoms with Gasteiger partial charge in [-0.15, -0.1) is 0 Å². The van der Waals surface area contributed by atoms with Crippen molar-refractivity contribution in [3.8, 4) is 0 Å². The molecule has 0 aromatic carbocycles. The van der Waals surface area contributed by atoms with Crippen LogP contribution in [0.1, 0.15) is 25.7 Å². The zero-order valence-electron chi connectivity index (χ0n) is 12.1. The molecule has 1 fully saturated rings. The number of aliphatic carboxylic acids is 1. The minimum Gasteiger partial charge on any atom is -0.481 e. The molecule has 0 saturated carbocycles. The van der Waals surface area contributed by atoms with Gasteiger partial charge < -0.3 is 15.3 Å². The second-order valence-corrected chi connectivity index (χ2v) is 5.36. The van der Waals surface area contributed by atoms with Crippen LogP contribution in [0.4, 0.5) is 4.79 Å². The molecular weight excluding hydrogens is 272 g/mol. The van der Waals surface area contributed by atoms with Crippen molar-refractivity contribution in [1.29, 1.82) is 0 Å². The van der Waals surface area contributed by atoms with E-state index in [1.807, 2.05) is 12.3 Å². The maximum atomic E-state index is 12.0. The predicted octanol–water partition coefficient (Wildman–Crippen LogP) is 1.17. The third-order valence-corrected chi connectivity index (χ3v) is 3.84. The van der Waals surface area contributed by atoms with Crippen LogP contribution in [0.5, 0.6) is 0 Å². The van der Waals surface area contributed by atoms with E-state index in [-0.39, 0.29) is 12.5 Å². The second kappa shape index (κ2) is 7.66. The maximum Gasteiger partial charge on any atom is 0.317 e. The number of carboxylic acid groups (broad SMARTS) is 1. The Kier molecular flexibility index (Phi) is 5.59. The topological polar surface area (TPSA) is 87.5 Å². The molecule has 0 radical (unpaired) electrons. The molecule has 2 heterocycles. The molecule has 1 aliphatic rings. The molecule has 2 N–H and O–H groups in total. The van der Waals surface area contributed by atoms with Crippen LogP contribution in [0.2, 0.25) is 0 Å². The first-order valence-corrected chi connectivity index (χ1v) is 7.37. The molecule has 0 spiro atoms. The van der Waals surface area contributed by atoms with Gasteiger partial charge in [-0.1, -0.05) is 0 Å². The summed E-state index contributed by atoms with van der Waals surface area (Å²) in [5.74, 6) is -0.317. The van der Waals surface area contributed by atoms with Gasteiger partial charge in [0.25, 0.3) is 0 Å². The summed E-state index contributed by atoms with van der Waals surface area (Å²) in [7, 11) is 0. The van der Waals surface area contributed by atoms with E-state index in [4.69, 9.17) is 5.11 Å². The summed E-state index contributed by atoms with van der Waals surface area (Å²) < 4.78 is 1.78. The predicted molar refractivity (Wildman–Crippen MR) is 76.8 cm³/mol. The normalized spacial score (nSPS) is 15.9. The zero-order chi connectivity index (χ0) is 15.1. The largest absolute Gasteiger partial charge is 0.481 e. The van der Waals surface area contributed by atoms with Crippen LogP contribution < -0.4 is 5.32 Å². The Hall–Kier alpha value is -2.05. The molecule has 7 heteroatoms. The molecule has 2 amide bonds. The number of piperidine rings is 1. The van der Waals surface area contributed by atoms with E-state index in [9.17, 15) is 9.59 Å². The monoisotopic (exact) mass is 294 g/mol. The highest BCUT2D eigenvalue weighted by Crippen LogP contribution is 2.21. The average molecular weight is 294 g/mol. The van der Waals surface area contributed by atoms with E-state index < -0.39 is 5.97 Å². The molecular formula is C14H22N4O3. The number of carbonyl (C=O) groups is 2. The fraction of sp³-hybridized carbons (Fsp3) is 0.643. The second-order valence-electron chi connectivity index (χ2n) is 5.36. The molecule has 1 aromatic heterocycles. The number of hydrogen-bond acceptors (Lipinski definition) is 3. The number of rotatable bonds is 6. The molecule has 0 bridgehead atoms. The number of nitrogens with zero attached hydrogens (tertiary/aromatic N) is 3. The van der Waals surface area contributed by atoms with Crippen molar-refractivity contribution in [1.82, 2.24) is 20.0 Å². The minimum atomic E-state index is -0.742. The Morgan fingerprint density at radius 1 is 1.33 bits per heavy atom. The van der Waals surface area contributed by atoms with Crippen molar-refractivity contribution < 1.29 is 14.7 Å². The average Bonchev–Trinajstić information content (AvgIpc) is 2.99. The van der Waals surface area contributed by atoms with Crippen LogP contribution in [-0.4, -0.2) is 51.4 Å². The molecule has 1 aromatic rings. The Morgan fingerprint density at radius 2 is 2.10 bits per heavy atom. The van der Waals surface area contributed by atoms with E-state index in [0.717, 1.165) is 12.8 Å². The van der Waals surface area contributed by atoms with Gasteiger partial charge in [-0.2, -0.15) is 5.10 Å². The van der Waals surface area contributed by atoms with E-state index in [1.54, 1.807) is 15.8 Å². The van der Waals surface area contributed by atoms with Gasteiger partial charge in [0, 0.05) is 38.4 Å². The maximum absolute atomic E-state index is 12.0. The molecule has 1 saturated heterocycles. The van der Waals surface area contributed by atoms with Crippen LogP contribution in [0.25, 0.3) is 0 Å². The fourth-order valence-corrected chi connectivity index (χ4v) is 2.57. The summed E-state index contributed by atoms with van der Waals surface area (Å²) >= 11 is 0. The van der Waals surface area contributed by atoms with Gasteiger partial charge in [-0.25, -0.2) is 4.79 Å². The summed E-state index contributed by atoms with van der Waals surface area (Å²) in [5, 5.41) is 15.6. The molecule has 0 aliphatic carbocycles. The lowest BCUT2D eigenvalue weighted by Crippen LogP contribution is -2.45. The van der Waals surface area contributed by atoms with Gasteiger partial charge in [0.1, 0.15) is 0 Å². The van der Waals surface area contributed by atoms with Crippen molar-refractivity contribution in [2.75, 3.05) is 19.6 Å². The minimum absolute atomic E-state index is 0.0427. The summed E-state index contributed by atoms with van der Waals surface area (Å²) in [4.78, 5) is 24.3. The number of nitrogens with one attached hydrogen (secondary N) is 1. The van der Waals surface area contributed by atoms with Crippen LogP contribution in [-0.2, 0) is 11.3 Å². The molecule has 7 nitrogen and oxygen atoms in total. The van der Waals surface area contributed by atoms with E-state index in [2.05, 4.69) is 10.4 Å². The number of carbonyl (C=O) groups excluding carboxylic acids is 1. The highest BCUT2D eigenvalue weighted by atomic mass is 16.4. The Labute approximate surface area is 123 Å². The summed E-state index contributed by atoms with van der Waals surface area (Å²) in [6.45, 7) is 2.63. The number of carboxylic acids is 1. The van der Waals surface area contributed by atoms with Crippen molar-refractivity contribution in [2.24, 2.45) is 5.92 Å². The summed E-state index contributed by atoms with van der Waals surface area (Å²) in [6.07, 6.45) is 6.29. The third-order valence-electron chi connectivity index (χ3n) is 3.84. The summed E-state index contributed by atoms with van der Waals surface area (Å²) in [6, 6.07) is 1.81. The van der Waals surface area contributed by atoms with Gasteiger partial charge in [-0.3, -0.25) is 9.48 Å². The summed E-state index contributed by atoms with van der Waals surface area (Å²) in [5.41, 5.74) is 0. The lowest BCUT2D eigenvalue weighted by molar-refractivity contribution is -0.137. The third kappa shape index (κ3) is 5.09. The highest BCUT2D eigenvalue weighted by molar-refractivity contribution is 5.74. The van der Waals surface area contributed by atoms with Crippen LogP contribution in [0, 0.1) is 5.92 Å². The van der Waals surface area contributed by atoms with Crippen LogP contribution >= 0.6 is 0 Å². The first-order valence-electron chi connectivity index (χ1n) is 7.37. The Bertz CT molecular complexity index is 453. The van der Waals surface area contributed by atoms with Crippen LogP contribution in [0.3, 0.4) is 0 Å². The number of likely N-dealkylation sites (tertiary alicyclic amines) is 1. The van der Waals surface area contributed by atoms with Gasteiger partial charge in [0.05, 0.1) is 6.54 Å². The highest BCUT2D eigenvalue weighted by Gasteiger charge is 2.22. The lowest BCUT2D eigenvalue weighted by atomic mass is 9.92. The first kappa shape index (κ1) is 15.3. The molecule has 2 rings (SSSR count). The zero-order valence-corrected chi connectivity index (χ0v) is 12.1. The number of amides is 2. The molecule has 21 heavy (non-hydrogen) atoms. The van der Waals surface area contributed by atoms with Gasteiger partial charge in [0.15, 0.2) is 0 Å². The Morgan fingerprint density at radius 3 is 2.71 bits per heavy atom. The number of urea groups is 1. The lowest BCUT2D eigenvalue weighted by Gasteiger charge is -2.31. The van der Waals surface area contributed by atoms with E-state index in [1.165, 1.54) is 0 Å². The van der Waals surface area contributed by atoms with Crippen molar-refractivity contribution in [2.45, 2.75) is 32.2 Å². The van der Waals surface area contributed by atoms with Crippen molar-refractivity contribution in [3.63, 3.8) is 0 Å². The standard InChI is InChI=1S/C14H22N4O3/c19-13(20)3-2-12-4-9-17(10-5-12)14(21)15-7-11-18-8-1-6-16-18/h1,6,8,12H,2-5,7,9-11H2,(H,15,21)(H,19,20). The van der Waals surface area contributed by atoms with Gasteiger partial charge in [0.2, 0.25) is 0 Å². The Balaban J connectivity index is 1.62. The SMILES string of the molecule is O=C(O)CCC1CCN(C(=O)NCCn2cccn2)CC1. The van der Waals surface area contributed by atoms with Crippen molar-refractivity contribution in [3.05, 3.63) is 18.5 Å².